The first-order valence-electron chi connectivity index (χ1n) is 12.8. The van der Waals surface area contributed by atoms with Crippen molar-refractivity contribution in [3.8, 4) is 22.8 Å². The minimum atomic E-state index is -3.65. The minimum absolute atomic E-state index is 0.00350. The first kappa shape index (κ1) is 23.8. The second-order valence-corrected chi connectivity index (χ2v) is 10.1. The number of fused-ring (bicyclic) bond motifs is 2. The third-order valence-electron chi connectivity index (χ3n) is 7.60. The zero-order valence-electron chi connectivity index (χ0n) is 21.0. The predicted molar refractivity (Wildman–Crippen MR) is 139 cm³/mol. The SMILES string of the molecule is Cc1[nH]c(C2CCN(c3ncnc4c3C=C(c3ccc(F)cc3)C4)CC2)nc1-c1ccc2c(c1)OC(F)(F)O2. The summed E-state index contributed by atoms with van der Waals surface area (Å²) in [5.41, 5.74) is 6.36. The lowest BCUT2D eigenvalue weighted by molar-refractivity contribution is -0.286. The van der Waals surface area contributed by atoms with Crippen LogP contribution in [0.2, 0.25) is 0 Å². The fourth-order valence-corrected chi connectivity index (χ4v) is 5.64. The zero-order chi connectivity index (χ0) is 26.7. The van der Waals surface area contributed by atoms with Crippen LogP contribution < -0.4 is 14.4 Å². The number of anilines is 1. The minimum Gasteiger partial charge on any atom is -0.395 e. The highest BCUT2D eigenvalue weighted by atomic mass is 19.3. The molecule has 7 rings (SSSR count). The molecule has 0 atom stereocenters. The normalized spacial score (nSPS) is 17.8. The van der Waals surface area contributed by atoms with Gasteiger partial charge in [-0.05, 0) is 67.3 Å². The van der Waals surface area contributed by atoms with Gasteiger partial charge in [0.05, 0.1) is 11.4 Å². The second-order valence-electron chi connectivity index (χ2n) is 10.1. The van der Waals surface area contributed by atoms with Gasteiger partial charge in [-0.25, -0.2) is 19.3 Å². The summed E-state index contributed by atoms with van der Waals surface area (Å²) in [6.07, 6.45) is 2.54. The van der Waals surface area contributed by atoms with Crippen molar-refractivity contribution in [1.82, 2.24) is 19.9 Å². The van der Waals surface area contributed by atoms with Gasteiger partial charge in [0.1, 0.15) is 23.8 Å². The van der Waals surface area contributed by atoms with E-state index in [1.54, 1.807) is 24.5 Å². The second kappa shape index (κ2) is 8.86. The van der Waals surface area contributed by atoms with Crippen molar-refractivity contribution in [3.05, 3.63) is 82.9 Å². The number of hydrogen-bond acceptors (Lipinski definition) is 6. The smallest absolute Gasteiger partial charge is 0.395 e. The Labute approximate surface area is 222 Å². The molecule has 0 spiro atoms. The number of aryl methyl sites for hydroxylation is 1. The Bertz CT molecular complexity index is 1610. The standard InChI is InChI=1S/C29H24F3N5O2/c1-16-26(19-4-7-24-25(14-19)39-29(31,32)38-24)36-27(35-16)18-8-10-37(11-9-18)28-22-12-20(13-23(22)33-15-34-28)17-2-5-21(30)6-3-17/h2-7,12,14-15,18H,8-11,13H2,1H3,(H,35,36). The topological polar surface area (TPSA) is 76.2 Å². The van der Waals surface area contributed by atoms with Crippen LogP contribution in [0, 0.1) is 12.7 Å². The molecule has 2 aromatic carbocycles. The fraction of sp³-hybridized carbons (Fsp3) is 0.276. The zero-order valence-corrected chi connectivity index (χ0v) is 21.0. The average Bonchev–Trinajstić information content (AvgIpc) is 3.62. The number of aromatic amines is 1. The molecule has 0 saturated carbocycles. The Kier molecular flexibility index (Phi) is 5.40. The van der Waals surface area contributed by atoms with Gasteiger partial charge in [0.15, 0.2) is 11.5 Å². The summed E-state index contributed by atoms with van der Waals surface area (Å²) >= 11 is 0. The number of alkyl halides is 2. The van der Waals surface area contributed by atoms with E-state index in [0.717, 1.165) is 65.7 Å². The Morgan fingerprint density at radius 3 is 2.51 bits per heavy atom. The number of ether oxygens (including phenoxy) is 2. The monoisotopic (exact) mass is 531 g/mol. The third-order valence-corrected chi connectivity index (χ3v) is 7.60. The predicted octanol–water partition coefficient (Wildman–Crippen LogP) is 6.12. The van der Waals surface area contributed by atoms with Crippen LogP contribution in [0.25, 0.3) is 22.9 Å². The number of halogens is 3. The maximum absolute atomic E-state index is 13.4. The molecule has 0 radical (unpaired) electrons. The van der Waals surface area contributed by atoms with Crippen molar-refractivity contribution < 1.29 is 22.6 Å². The number of benzene rings is 2. The van der Waals surface area contributed by atoms with Crippen molar-refractivity contribution in [1.29, 1.82) is 0 Å². The van der Waals surface area contributed by atoms with Crippen molar-refractivity contribution in [3.63, 3.8) is 0 Å². The highest BCUT2D eigenvalue weighted by Crippen LogP contribution is 2.43. The molecule has 2 aliphatic heterocycles. The molecule has 7 nitrogen and oxygen atoms in total. The summed E-state index contributed by atoms with van der Waals surface area (Å²) in [7, 11) is 0. The molecule has 0 amide bonds. The first-order chi connectivity index (χ1) is 18.8. The number of rotatable bonds is 4. The van der Waals surface area contributed by atoms with Gasteiger partial charge < -0.3 is 19.4 Å². The Hall–Kier alpha value is -4.34. The highest BCUT2D eigenvalue weighted by molar-refractivity contribution is 5.91. The lowest BCUT2D eigenvalue weighted by Crippen LogP contribution is -2.34. The van der Waals surface area contributed by atoms with Crippen LogP contribution in [-0.2, 0) is 6.42 Å². The Balaban J connectivity index is 1.07. The maximum Gasteiger partial charge on any atom is 0.586 e. The summed E-state index contributed by atoms with van der Waals surface area (Å²) < 4.78 is 49.4. The van der Waals surface area contributed by atoms with E-state index in [1.165, 1.54) is 24.3 Å². The summed E-state index contributed by atoms with van der Waals surface area (Å²) in [6.45, 7) is 3.54. The van der Waals surface area contributed by atoms with Crippen LogP contribution in [-0.4, -0.2) is 39.3 Å². The lowest BCUT2D eigenvalue weighted by Gasteiger charge is -2.32. The first-order valence-corrected chi connectivity index (χ1v) is 12.8. The molecule has 198 valence electrons. The number of nitrogens with one attached hydrogen (secondary N) is 1. The van der Waals surface area contributed by atoms with Gasteiger partial charge in [0.2, 0.25) is 0 Å². The summed E-state index contributed by atoms with van der Waals surface area (Å²) in [5, 5.41) is 0. The molecule has 1 aliphatic carbocycles. The average molecular weight is 532 g/mol. The number of H-pyrrole nitrogens is 1. The molecule has 1 saturated heterocycles. The highest BCUT2D eigenvalue weighted by Gasteiger charge is 2.43. The van der Waals surface area contributed by atoms with Gasteiger partial charge >= 0.3 is 6.29 Å². The molecule has 4 aromatic rings. The van der Waals surface area contributed by atoms with Crippen molar-refractivity contribution in [2.24, 2.45) is 0 Å². The van der Waals surface area contributed by atoms with Crippen LogP contribution in [0.1, 0.15) is 47.1 Å². The van der Waals surface area contributed by atoms with Gasteiger partial charge in [-0.15, -0.1) is 8.78 Å². The van der Waals surface area contributed by atoms with E-state index in [0.29, 0.717) is 17.7 Å². The third kappa shape index (κ3) is 4.29. The van der Waals surface area contributed by atoms with E-state index in [9.17, 15) is 13.2 Å². The molecule has 0 unspecified atom stereocenters. The summed E-state index contributed by atoms with van der Waals surface area (Å²) in [5.74, 6) is 1.80. The van der Waals surface area contributed by atoms with Gasteiger partial charge in [0.25, 0.3) is 0 Å². The summed E-state index contributed by atoms with van der Waals surface area (Å²) in [4.78, 5) is 19.7. The molecule has 3 aliphatic rings. The Morgan fingerprint density at radius 1 is 0.974 bits per heavy atom. The molecule has 39 heavy (non-hydrogen) atoms. The van der Waals surface area contributed by atoms with E-state index in [-0.39, 0.29) is 23.2 Å². The molecular formula is C29H24F3N5O2. The van der Waals surface area contributed by atoms with Crippen molar-refractivity contribution in [2.75, 3.05) is 18.0 Å². The van der Waals surface area contributed by atoms with Crippen LogP contribution in [0.15, 0.2) is 48.8 Å². The quantitative estimate of drug-likeness (QED) is 0.342. The van der Waals surface area contributed by atoms with Crippen LogP contribution in [0.4, 0.5) is 19.0 Å². The van der Waals surface area contributed by atoms with Gasteiger partial charge in [0, 0.05) is 42.2 Å². The fourth-order valence-electron chi connectivity index (χ4n) is 5.64. The van der Waals surface area contributed by atoms with Crippen LogP contribution in [0.5, 0.6) is 11.5 Å². The van der Waals surface area contributed by atoms with Gasteiger partial charge in [-0.1, -0.05) is 12.1 Å². The largest absolute Gasteiger partial charge is 0.586 e. The van der Waals surface area contributed by atoms with E-state index in [4.69, 9.17) is 4.98 Å². The number of hydrogen-bond donors (Lipinski definition) is 1. The molecule has 2 aromatic heterocycles. The molecule has 1 fully saturated rings. The van der Waals surface area contributed by atoms with Crippen molar-refractivity contribution in [2.45, 2.75) is 38.4 Å². The number of imidazole rings is 1. The number of nitrogens with zero attached hydrogens (tertiary/aromatic N) is 4. The van der Waals surface area contributed by atoms with Gasteiger partial charge in [-0.2, -0.15) is 0 Å². The molecule has 4 heterocycles. The number of aromatic nitrogens is 4. The van der Waals surface area contributed by atoms with Gasteiger partial charge in [-0.3, -0.25) is 0 Å². The Morgan fingerprint density at radius 2 is 1.72 bits per heavy atom. The summed E-state index contributed by atoms with van der Waals surface area (Å²) in [6, 6.07) is 11.3. The van der Waals surface area contributed by atoms with E-state index < -0.39 is 6.29 Å². The van der Waals surface area contributed by atoms with Crippen LogP contribution in [0.3, 0.4) is 0 Å². The maximum atomic E-state index is 13.4. The van der Waals surface area contributed by atoms with E-state index >= 15 is 0 Å². The van der Waals surface area contributed by atoms with E-state index in [1.807, 2.05) is 6.92 Å². The molecular weight excluding hydrogens is 507 g/mol. The molecule has 10 heteroatoms. The van der Waals surface area contributed by atoms with Crippen molar-refractivity contribution >= 4 is 17.5 Å². The number of allylic oxidation sites excluding steroid dienone is 1. The molecule has 1 N–H and O–H groups in total. The molecule has 0 bridgehead atoms. The lowest BCUT2D eigenvalue weighted by atomic mass is 9.96. The number of piperidine rings is 1. The van der Waals surface area contributed by atoms with E-state index in [2.05, 4.69) is 35.4 Å². The van der Waals surface area contributed by atoms with Crippen LogP contribution >= 0.6 is 0 Å².